The monoisotopic (exact) mass is 208 g/mol. The highest BCUT2D eigenvalue weighted by Gasteiger charge is 2.25. The Morgan fingerprint density at radius 2 is 1.87 bits per heavy atom. The normalized spacial score (nSPS) is 26.8. The largest absolute Gasteiger partial charge is 0.425 e. The quantitative estimate of drug-likeness (QED) is 0.765. The average molecular weight is 208 g/mol. The van der Waals surface area contributed by atoms with Gasteiger partial charge in [0, 0.05) is 12.3 Å². The molecule has 0 unspecified atom stereocenters. The Morgan fingerprint density at radius 3 is 2.40 bits per heavy atom. The Bertz CT molecular complexity index is 300. The fourth-order valence-electron chi connectivity index (χ4n) is 2.39. The van der Waals surface area contributed by atoms with E-state index in [4.69, 9.17) is 4.42 Å². The summed E-state index contributed by atoms with van der Waals surface area (Å²) in [6.45, 7) is 4.33. The van der Waals surface area contributed by atoms with Crippen LogP contribution in [0.1, 0.15) is 63.7 Å². The third-order valence-corrected chi connectivity index (χ3v) is 3.56. The summed E-state index contributed by atoms with van der Waals surface area (Å²) >= 11 is 0. The van der Waals surface area contributed by atoms with Gasteiger partial charge in [0.2, 0.25) is 11.8 Å². The molecule has 0 saturated heterocycles. The molecule has 1 saturated carbocycles. The van der Waals surface area contributed by atoms with E-state index in [0.29, 0.717) is 5.92 Å². The summed E-state index contributed by atoms with van der Waals surface area (Å²) in [5.74, 6) is 3.11. The molecule has 0 amide bonds. The van der Waals surface area contributed by atoms with Crippen LogP contribution in [0.3, 0.4) is 0 Å². The van der Waals surface area contributed by atoms with Crippen LogP contribution in [0.25, 0.3) is 0 Å². The van der Waals surface area contributed by atoms with Crippen molar-refractivity contribution in [2.75, 3.05) is 0 Å². The molecule has 15 heavy (non-hydrogen) atoms. The standard InChI is InChI=1S/C12H20N2O/c1-3-9-5-7-10(8-6-9)12-14-13-11(4-2)15-12/h9-10H,3-8H2,1-2H3. The molecule has 2 rings (SSSR count). The molecule has 0 radical (unpaired) electrons. The molecule has 0 N–H and O–H groups in total. The minimum atomic E-state index is 0.528. The van der Waals surface area contributed by atoms with Crippen molar-refractivity contribution in [2.24, 2.45) is 5.92 Å². The van der Waals surface area contributed by atoms with Crippen molar-refractivity contribution in [3.63, 3.8) is 0 Å². The van der Waals surface area contributed by atoms with Crippen molar-refractivity contribution in [1.82, 2.24) is 10.2 Å². The third-order valence-electron chi connectivity index (χ3n) is 3.56. The minimum Gasteiger partial charge on any atom is -0.425 e. The van der Waals surface area contributed by atoms with Gasteiger partial charge in [-0.25, -0.2) is 0 Å². The molecule has 0 atom stereocenters. The van der Waals surface area contributed by atoms with E-state index in [1.165, 1.54) is 32.1 Å². The maximum absolute atomic E-state index is 5.62. The molecular weight excluding hydrogens is 188 g/mol. The second-order valence-corrected chi connectivity index (χ2v) is 4.51. The van der Waals surface area contributed by atoms with Gasteiger partial charge in [0.05, 0.1) is 0 Å². The number of rotatable bonds is 3. The SMILES string of the molecule is CCc1nnc(C2CCC(CC)CC2)o1. The van der Waals surface area contributed by atoms with Gasteiger partial charge in [-0.3, -0.25) is 0 Å². The first-order valence-electron chi connectivity index (χ1n) is 6.15. The van der Waals surface area contributed by atoms with Gasteiger partial charge in [-0.2, -0.15) is 0 Å². The highest BCUT2D eigenvalue weighted by atomic mass is 16.4. The molecule has 1 aliphatic carbocycles. The third kappa shape index (κ3) is 2.39. The van der Waals surface area contributed by atoms with E-state index in [2.05, 4.69) is 17.1 Å². The van der Waals surface area contributed by atoms with Crippen molar-refractivity contribution in [1.29, 1.82) is 0 Å². The van der Waals surface area contributed by atoms with Crippen molar-refractivity contribution < 1.29 is 4.42 Å². The maximum atomic E-state index is 5.62. The lowest BCUT2D eigenvalue weighted by molar-refractivity contribution is 0.284. The predicted octanol–water partition coefficient (Wildman–Crippen LogP) is 3.32. The van der Waals surface area contributed by atoms with E-state index < -0.39 is 0 Å². The zero-order valence-electron chi connectivity index (χ0n) is 9.70. The summed E-state index contributed by atoms with van der Waals surface area (Å²) in [7, 11) is 0. The number of nitrogens with zero attached hydrogens (tertiary/aromatic N) is 2. The van der Waals surface area contributed by atoms with Gasteiger partial charge in [0.1, 0.15) is 0 Å². The van der Waals surface area contributed by atoms with Gasteiger partial charge in [0.25, 0.3) is 0 Å². The average Bonchev–Trinajstić information content (AvgIpc) is 2.78. The van der Waals surface area contributed by atoms with Crippen LogP contribution in [-0.2, 0) is 6.42 Å². The van der Waals surface area contributed by atoms with Crippen LogP contribution in [0.5, 0.6) is 0 Å². The van der Waals surface area contributed by atoms with Gasteiger partial charge in [-0.05, 0) is 31.6 Å². The molecule has 84 valence electrons. The fraction of sp³-hybridized carbons (Fsp3) is 0.833. The Morgan fingerprint density at radius 1 is 1.13 bits per heavy atom. The summed E-state index contributed by atoms with van der Waals surface area (Å²) in [5, 5.41) is 8.18. The molecule has 1 heterocycles. The molecule has 1 fully saturated rings. The van der Waals surface area contributed by atoms with Crippen LogP contribution in [-0.4, -0.2) is 10.2 Å². The smallest absolute Gasteiger partial charge is 0.219 e. The van der Waals surface area contributed by atoms with Crippen LogP contribution in [0.15, 0.2) is 4.42 Å². The first kappa shape index (κ1) is 10.7. The first-order chi connectivity index (χ1) is 7.33. The van der Waals surface area contributed by atoms with Crippen LogP contribution in [0, 0.1) is 5.92 Å². The van der Waals surface area contributed by atoms with Crippen molar-refractivity contribution in [2.45, 2.75) is 58.3 Å². The van der Waals surface area contributed by atoms with Crippen LogP contribution in [0.4, 0.5) is 0 Å². The highest BCUT2D eigenvalue weighted by Crippen LogP contribution is 2.36. The van der Waals surface area contributed by atoms with Crippen molar-refractivity contribution in [3.05, 3.63) is 11.8 Å². The number of aromatic nitrogens is 2. The molecule has 0 aromatic carbocycles. The zero-order chi connectivity index (χ0) is 10.7. The van der Waals surface area contributed by atoms with Crippen molar-refractivity contribution >= 4 is 0 Å². The lowest BCUT2D eigenvalue weighted by Crippen LogP contribution is -2.12. The fourth-order valence-corrected chi connectivity index (χ4v) is 2.39. The van der Waals surface area contributed by atoms with E-state index >= 15 is 0 Å². The zero-order valence-corrected chi connectivity index (χ0v) is 9.70. The van der Waals surface area contributed by atoms with Crippen LogP contribution in [0.2, 0.25) is 0 Å². The molecular formula is C12H20N2O. The molecule has 0 aliphatic heterocycles. The predicted molar refractivity (Wildman–Crippen MR) is 58.7 cm³/mol. The number of hydrogen-bond acceptors (Lipinski definition) is 3. The van der Waals surface area contributed by atoms with E-state index in [1.54, 1.807) is 0 Å². The Labute approximate surface area is 91.3 Å². The first-order valence-corrected chi connectivity index (χ1v) is 6.15. The Hall–Kier alpha value is -0.860. The van der Waals surface area contributed by atoms with Gasteiger partial charge in [0.15, 0.2) is 0 Å². The highest BCUT2D eigenvalue weighted by molar-refractivity contribution is 4.94. The van der Waals surface area contributed by atoms with Gasteiger partial charge >= 0.3 is 0 Å². The Balaban J connectivity index is 1.95. The second kappa shape index (κ2) is 4.77. The van der Waals surface area contributed by atoms with E-state index in [-0.39, 0.29) is 0 Å². The lowest BCUT2D eigenvalue weighted by Gasteiger charge is -2.25. The van der Waals surface area contributed by atoms with Crippen LogP contribution >= 0.6 is 0 Å². The molecule has 1 aromatic heterocycles. The van der Waals surface area contributed by atoms with Gasteiger partial charge in [-0.1, -0.05) is 20.3 Å². The summed E-state index contributed by atoms with van der Waals surface area (Å²) in [6, 6.07) is 0. The molecule has 3 heteroatoms. The molecule has 0 spiro atoms. The lowest BCUT2D eigenvalue weighted by atomic mass is 9.81. The van der Waals surface area contributed by atoms with Gasteiger partial charge < -0.3 is 4.42 Å². The topological polar surface area (TPSA) is 38.9 Å². The summed E-state index contributed by atoms with van der Waals surface area (Å²) in [4.78, 5) is 0. The second-order valence-electron chi connectivity index (χ2n) is 4.51. The van der Waals surface area contributed by atoms with E-state index in [1.807, 2.05) is 6.92 Å². The van der Waals surface area contributed by atoms with E-state index in [0.717, 1.165) is 24.1 Å². The summed E-state index contributed by atoms with van der Waals surface area (Å²) in [5.41, 5.74) is 0. The Kier molecular flexibility index (Phi) is 3.39. The molecule has 1 aliphatic rings. The molecule has 3 nitrogen and oxygen atoms in total. The van der Waals surface area contributed by atoms with E-state index in [9.17, 15) is 0 Å². The summed E-state index contributed by atoms with van der Waals surface area (Å²) < 4.78 is 5.62. The van der Waals surface area contributed by atoms with Crippen LogP contribution < -0.4 is 0 Å². The maximum Gasteiger partial charge on any atom is 0.219 e. The minimum absolute atomic E-state index is 0.528. The molecule has 1 aromatic rings. The van der Waals surface area contributed by atoms with Gasteiger partial charge in [-0.15, -0.1) is 10.2 Å². The molecule has 0 bridgehead atoms. The number of hydrogen-bond donors (Lipinski definition) is 0. The summed E-state index contributed by atoms with van der Waals surface area (Å²) in [6.07, 6.45) is 7.26. The number of aryl methyl sites for hydroxylation is 1. The van der Waals surface area contributed by atoms with Crippen molar-refractivity contribution in [3.8, 4) is 0 Å².